The summed E-state index contributed by atoms with van der Waals surface area (Å²) >= 11 is 2.75. The summed E-state index contributed by atoms with van der Waals surface area (Å²) < 4.78 is 8.10. The Kier molecular flexibility index (Phi) is 5.14. The van der Waals surface area contributed by atoms with Crippen molar-refractivity contribution in [2.45, 2.75) is 30.8 Å². The van der Waals surface area contributed by atoms with E-state index < -0.39 is 0 Å². The molecule has 0 aliphatic heterocycles. The maximum Gasteiger partial charge on any atom is 0.349 e. The molecule has 0 unspecified atom stereocenters. The summed E-state index contributed by atoms with van der Waals surface area (Å²) in [5.74, 6) is 0.743. The molecule has 7 nitrogen and oxygen atoms in total. The van der Waals surface area contributed by atoms with E-state index in [1.807, 2.05) is 36.4 Å². The first-order valence-corrected chi connectivity index (χ1v) is 11.4. The number of hydrogen-bond donors (Lipinski definition) is 1. The van der Waals surface area contributed by atoms with Crippen LogP contribution >= 0.6 is 23.1 Å². The predicted molar refractivity (Wildman–Crippen MR) is 117 cm³/mol. The molecule has 1 amide bonds. The zero-order valence-corrected chi connectivity index (χ0v) is 17.6. The average Bonchev–Trinajstić information content (AvgIpc) is 3.48. The quantitative estimate of drug-likeness (QED) is 0.365. The highest BCUT2D eigenvalue weighted by atomic mass is 32.2. The summed E-state index contributed by atoms with van der Waals surface area (Å²) in [4.78, 5) is 33.8. The zero-order chi connectivity index (χ0) is 20.5. The van der Waals surface area contributed by atoms with Gasteiger partial charge in [0.15, 0.2) is 5.13 Å². The van der Waals surface area contributed by atoms with Gasteiger partial charge in [-0.15, -0.1) is 0 Å². The molecule has 152 valence electrons. The van der Waals surface area contributed by atoms with E-state index in [-0.39, 0.29) is 17.3 Å². The highest BCUT2D eigenvalue weighted by molar-refractivity contribution is 8.00. The first-order valence-electron chi connectivity index (χ1n) is 9.60. The van der Waals surface area contributed by atoms with Crippen LogP contribution in [-0.4, -0.2) is 26.2 Å². The van der Waals surface area contributed by atoms with E-state index in [1.54, 1.807) is 10.8 Å². The molecule has 0 spiro atoms. The molecule has 5 rings (SSSR count). The third kappa shape index (κ3) is 3.78. The molecule has 0 fully saturated rings. The molecule has 0 saturated carbocycles. The number of hydrogen-bond acceptors (Lipinski definition) is 7. The van der Waals surface area contributed by atoms with Crippen LogP contribution in [0.3, 0.4) is 0 Å². The minimum atomic E-state index is -0.305. The molecule has 1 N–H and O–H groups in total. The molecule has 1 aliphatic carbocycles. The first-order chi connectivity index (χ1) is 14.7. The highest BCUT2D eigenvalue weighted by Gasteiger charge is 2.23. The van der Waals surface area contributed by atoms with E-state index in [9.17, 15) is 9.59 Å². The second-order valence-corrected chi connectivity index (χ2v) is 8.96. The van der Waals surface area contributed by atoms with Gasteiger partial charge in [-0.1, -0.05) is 35.2 Å². The standard InChI is InChI=1S/C21H18N4O3S2/c26-18(23-20-22-15-7-1-2-9-17(15)30-20)12-29-19-14-6-3-8-16(14)25(21(27)24-19)11-13-5-4-10-28-13/h1-2,4-5,7,9-10H,3,6,8,11-12H2,(H,22,23,26). The van der Waals surface area contributed by atoms with Crippen LogP contribution in [0.1, 0.15) is 23.4 Å². The number of benzene rings is 1. The van der Waals surface area contributed by atoms with Gasteiger partial charge in [0.05, 0.1) is 28.8 Å². The highest BCUT2D eigenvalue weighted by Crippen LogP contribution is 2.30. The summed E-state index contributed by atoms with van der Waals surface area (Å²) in [7, 11) is 0. The number of anilines is 1. The third-order valence-electron chi connectivity index (χ3n) is 4.98. The average molecular weight is 439 g/mol. The lowest BCUT2D eigenvalue weighted by molar-refractivity contribution is -0.113. The molecule has 0 atom stereocenters. The summed E-state index contributed by atoms with van der Waals surface area (Å²) in [5.41, 5.74) is 2.63. The summed E-state index contributed by atoms with van der Waals surface area (Å²) in [5, 5.41) is 4.08. The maximum absolute atomic E-state index is 12.6. The van der Waals surface area contributed by atoms with Crippen molar-refractivity contribution in [3.8, 4) is 0 Å². The molecule has 1 aliphatic rings. The van der Waals surface area contributed by atoms with Gasteiger partial charge in [0, 0.05) is 11.3 Å². The van der Waals surface area contributed by atoms with Crippen molar-refractivity contribution in [3.63, 3.8) is 0 Å². The number of carbonyl (C=O) groups excluding carboxylic acids is 1. The van der Waals surface area contributed by atoms with E-state index in [4.69, 9.17) is 4.42 Å². The fourth-order valence-electron chi connectivity index (χ4n) is 3.64. The Balaban J connectivity index is 1.31. The van der Waals surface area contributed by atoms with Crippen molar-refractivity contribution < 1.29 is 9.21 Å². The number of carbonyl (C=O) groups is 1. The Hall–Kier alpha value is -2.91. The summed E-state index contributed by atoms with van der Waals surface area (Å²) in [6.07, 6.45) is 4.27. The van der Waals surface area contributed by atoms with Gasteiger partial charge in [0.2, 0.25) is 5.91 Å². The molecule has 4 aromatic rings. The van der Waals surface area contributed by atoms with Gasteiger partial charge >= 0.3 is 5.69 Å². The summed E-state index contributed by atoms with van der Waals surface area (Å²) in [6, 6.07) is 11.4. The molecule has 3 heterocycles. The number of aromatic nitrogens is 3. The Morgan fingerprint density at radius 1 is 1.20 bits per heavy atom. The number of thioether (sulfide) groups is 1. The number of nitrogens with one attached hydrogen (secondary N) is 1. The fourth-order valence-corrected chi connectivity index (χ4v) is 5.40. The first kappa shape index (κ1) is 19.1. The Morgan fingerprint density at radius 2 is 2.10 bits per heavy atom. The fraction of sp³-hybridized carbons (Fsp3) is 0.238. The van der Waals surface area contributed by atoms with Crippen LogP contribution < -0.4 is 11.0 Å². The molecular weight excluding hydrogens is 420 g/mol. The van der Waals surface area contributed by atoms with E-state index in [2.05, 4.69) is 15.3 Å². The van der Waals surface area contributed by atoms with Crippen molar-refractivity contribution in [1.82, 2.24) is 14.5 Å². The van der Waals surface area contributed by atoms with Gasteiger partial charge in [-0.05, 0) is 43.5 Å². The smallest absolute Gasteiger partial charge is 0.349 e. The minimum Gasteiger partial charge on any atom is -0.467 e. The van der Waals surface area contributed by atoms with Crippen LogP contribution in [0.2, 0.25) is 0 Å². The normalized spacial score (nSPS) is 12.9. The van der Waals surface area contributed by atoms with Gasteiger partial charge in [0.25, 0.3) is 0 Å². The van der Waals surface area contributed by atoms with Gasteiger partial charge in [-0.3, -0.25) is 9.36 Å². The molecular formula is C21H18N4O3S2. The number of furan rings is 1. The number of thiazole rings is 1. The molecule has 3 aromatic heterocycles. The molecule has 9 heteroatoms. The topological polar surface area (TPSA) is 90.0 Å². The van der Waals surface area contributed by atoms with E-state index >= 15 is 0 Å². The van der Waals surface area contributed by atoms with Crippen LogP contribution in [0, 0.1) is 0 Å². The van der Waals surface area contributed by atoms with Crippen molar-refractivity contribution in [1.29, 1.82) is 0 Å². The van der Waals surface area contributed by atoms with E-state index in [0.717, 1.165) is 46.5 Å². The lowest BCUT2D eigenvalue weighted by Crippen LogP contribution is -2.28. The van der Waals surface area contributed by atoms with Crippen LogP contribution in [-0.2, 0) is 24.2 Å². The van der Waals surface area contributed by atoms with Gasteiger partial charge < -0.3 is 9.73 Å². The lowest BCUT2D eigenvalue weighted by atomic mass is 10.2. The van der Waals surface area contributed by atoms with Crippen molar-refractivity contribution in [3.05, 3.63) is 70.2 Å². The van der Waals surface area contributed by atoms with Crippen LogP contribution in [0.5, 0.6) is 0 Å². The largest absolute Gasteiger partial charge is 0.467 e. The van der Waals surface area contributed by atoms with Crippen LogP contribution in [0.4, 0.5) is 5.13 Å². The Labute approximate surface area is 180 Å². The third-order valence-corrected chi connectivity index (χ3v) is 6.94. The molecule has 1 aromatic carbocycles. The van der Waals surface area contributed by atoms with E-state index in [1.165, 1.54) is 23.1 Å². The number of rotatable bonds is 6. The van der Waals surface area contributed by atoms with Crippen molar-refractivity contribution >= 4 is 44.4 Å². The maximum atomic E-state index is 12.6. The second-order valence-electron chi connectivity index (χ2n) is 6.97. The summed E-state index contributed by atoms with van der Waals surface area (Å²) in [6.45, 7) is 0.379. The number of para-hydroxylation sites is 1. The Morgan fingerprint density at radius 3 is 2.93 bits per heavy atom. The van der Waals surface area contributed by atoms with Crippen molar-refractivity contribution in [2.24, 2.45) is 0 Å². The van der Waals surface area contributed by atoms with Crippen LogP contribution in [0.25, 0.3) is 10.2 Å². The zero-order valence-electron chi connectivity index (χ0n) is 16.0. The van der Waals surface area contributed by atoms with Gasteiger partial charge in [0.1, 0.15) is 10.8 Å². The molecule has 0 saturated heterocycles. The minimum absolute atomic E-state index is 0.160. The SMILES string of the molecule is O=C(CSc1nc(=O)n(Cc2ccco2)c2c1CCC2)Nc1nc2ccccc2s1. The van der Waals surface area contributed by atoms with E-state index in [0.29, 0.717) is 16.7 Å². The van der Waals surface area contributed by atoms with Gasteiger partial charge in [-0.25, -0.2) is 9.78 Å². The molecule has 30 heavy (non-hydrogen) atoms. The number of amides is 1. The molecule has 0 radical (unpaired) electrons. The van der Waals surface area contributed by atoms with Crippen molar-refractivity contribution in [2.75, 3.05) is 11.1 Å². The number of nitrogens with zero attached hydrogens (tertiary/aromatic N) is 3. The molecule has 0 bridgehead atoms. The second kappa shape index (κ2) is 8.08. The van der Waals surface area contributed by atoms with Gasteiger partial charge in [-0.2, -0.15) is 4.98 Å². The monoisotopic (exact) mass is 438 g/mol. The number of fused-ring (bicyclic) bond motifs is 2. The van der Waals surface area contributed by atoms with Crippen LogP contribution in [0.15, 0.2) is 56.9 Å². The Bertz CT molecular complexity index is 1240. The lowest BCUT2D eigenvalue weighted by Gasteiger charge is -2.13. The predicted octanol–water partition coefficient (Wildman–Crippen LogP) is 3.71.